The molecule has 0 spiro atoms. The lowest BCUT2D eigenvalue weighted by atomic mass is 9.99. The molecular formula is C22H24O3. The molecule has 1 saturated carbocycles. The van der Waals surface area contributed by atoms with Gasteiger partial charge in [-0.25, -0.2) is 0 Å². The van der Waals surface area contributed by atoms with E-state index in [1.807, 2.05) is 60.7 Å². The molecule has 0 heterocycles. The number of hydrogen-bond acceptors (Lipinski definition) is 3. The van der Waals surface area contributed by atoms with E-state index in [-0.39, 0.29) is 11.7 Å². The van der Waals surface area contributed by atoms with Gasteiger partial charge in [0.05, 0.1) is 19.8 Å². The van der Waals surface area contributed by atoms with Crippen molar-refractivity contribution in [2.75, 3.05) is 6.61 Å². The Morgan fingerprint density at radius 1 is 1.00 bits per heavy atom. The SMILES string of the molecule is C=C[C@]1(OCc2ccccc2)C[C@H](COCc2ccccc2)CC1=O. The van der Waals surface area contributed by atoms with Crippen molar-refractivity contribution >= 4 is 5.78 Å². The van der Waals surface area contributed by atoms with Crippen LogP contribution in [0.3, 0.4) is 0 Å². The molecule has 3 nitrogen and oxygen atoms in total. The summed E-state index contributed by atoms with van der Waals surface area (Å²) in [5.74, 6) is 0.275. The molecule has 3 rings (SSSR count). The van der Waals surface area contributed by atoms with Gasteiger partial charge >= 0.3 is 0 Å². The summed E-state index contributed by atoms with van der Waals surface area (Å²) in [4.78, 5) is 12.5. The molecule has 25 heavy (non-hydrogen) atoms. The largest absolute Gasteiger partial charge is 0.376 e. The molecule has 0 amide bonds. The van der Waals surface area contributed by atoms with Crippen LogP contribution in [0.5, 0.6) is 0 Å². The van der Waals surface area contributed by atoms with E-state index >= 15 is 0 Å². The maximum atomic E-state index is 12.5. The van der Waals surface area contributed by atoms with Crippen molar-refractivity contribution in [3.8, 4) is 0 Å². The van der Waals surface area contributed by atoms with Crippen molar-refractivity contribution in [1.29, 1.82) is 0 Å². The van der Waals surface area contributed by atoms with Crippen LogP contribution in [-0.2, 0) is 27.5 Å². The van der Waals surface area contributed by atoms with Gasteiger partial charge in [0, 0.05) is 6.42 Å². The Labute approximate surface area is 149 Å². The number of ether oxygens (including phenoxy) is 2. The Hall–Kier alpha value is -2.23. The molecule has 0 aliphatic heterocycles. The second-order valence-electron chi connectivity index (χ2n) is 6.57. The fraction of sp³-hybridized carbons (Fsp3) is 0.318. The van der Waals surface area contributed by atoms with Gasteiger partial charge in [0.15, 0.2) is 5.78 Å². The van der Waals surface area contributed by atoms with Crippen molar-refractivity contribution in [3.63, 3.8) is 0 Å². The lowest BCUT2D eigenvalue weighted by Gasteiger charge is -2.24. The first-order valence-electron chi connectivity index (χ1n) is 8.68. The number of rotatable bonds is 8. The molecule has 0 bridgehead atoms. The lowest BCUT2D eigenvalue weighted by Crippen LogP contribution is -2.34. The number of ketones is 1. The van der Waals surface area contributed by atoms with E-state index in [0.717, 1.165) is 11.1 Å². The van der Waals surface area contributed by atoms with E-state index in [2.05, 4.69) is 6.58 Å². The van der Waals surface area contributed by atoms with Crippen LogP contribution in [0.4, 0.5) is 0 Å². The number of hydrogen-bond donors (Lipinski definition) is 0. The third-order valence-corrected chi connectivity index (χ3v) is 4.67. The molecular weight excluding hydrogens is 312 g/mol. The summed E-state index contributed by atoms with van der Waals surface area (Å²) in [5, 5.41) is 0. The molecule has 2 atom stereocenters. The monoisotopic (exact) mass is 336 g/mol. The highest BCUT2D eigenvalue weighted by atomic mass is 16.5. The normalized spacial score (nSPS) is 22.9. The second-order valence-corrected chi connectivity index (χ2v) is 6.57. The summed E-state index contributed by atoms with van der Waals surface area (Å²) >= 11 is 0. The Bertz CT molecular complexity index is 696. The highest BCUT2D eigenvalue weighted by molar-refractivity contribution is 5.91. The first-order chi connectivity index (χ1) is 12.2. The van der Waals surface area contributed by atoms with Gasteiger partial charge in [0.25, 0.3) is 0 Å². The van der Waals surface area contributed by atoms with Crippen molar-refractivity contribution in [2.45, 2.75) is 31.7 Å². The van der Waals surface area contributed by atoms with Crippen LogP contribution < -0.4 is 0 Å². The maximum absolute atomic E-state index is 12.5. The fourth-order valence-corrected chi connectivity index (χ4v) is 3.27. The smallest absolute Gasteiger partial charge is 0.168 e. The number of carbonyl (C=O) groups is 1. The van der Waals surface area contributed by atoms with Gasteiger partial charge in [0.1, 0.15) is 5.60 Å². The molecule has 2 aromatic carbocycles. The standard InChI is InChI=1S/C22H24O3/c1-2-22(25-17-19-11-7-4-8-12-19)14-20(13-21(22)23)16-24-15-18-9-5-3-6-10-18/h2-12,20H,1,13-17H2/t20-,22+/m1/s1. The molecule has 3 heteroatoms. The summed E-state index contributed by atoms with van der Waals surface area (Å²) in [5.41, 5.74) is 1.32. The Balaban J connectivity index is 1.53. The van der Waals surface area contributed by atoms with E-state index in [1.165, 1.54) is 0 Å². The Morgan fingerprint density at radius 3 is 2.20 bits per heavy atom. The van der Waals surface area contributed by atoms with Crippen LogP contribution in [0, 0.1) is 5.92 Å². The van der Waals surface area contributed by atoms with Gasteiger partial charge in [-0.15, -0.1) is 0 Å². The predicted octanol–water partition coefficient (Wildman–Crippen LogP) is 4.32. The van der Waals surface area contributed by atoms with Crippen molar-refractivity contribution in [2.24, 2.45) is 5.92 Å². The van der Waals surface area contributed by atoms with Gasteiger partial charge in [-0.05, 0) is 23.5 Å². The van der Waals surface area contributed by atoms with Crippen LogP contribution in [0.15, 0.2) is 73.3 Å². The van der Waals surface area contributed by atoms with Gasteiger partial charge in [-0.2, -0.15) is 0 Å². The molecule has 1 fully saturated rings. The molecule has 1 aliphatic rings. The van der Waals surface area contributed by atoms with E-state index in [1.54, 1.807) is 6.08 Å². The summed E-state index contributed by atoms with van der Waals surface area (Å²) in [6.45, 7) is 5.39. The van der Waals surface area contributed by atoms with E-state index in [9.17, 15) is 4.79 Å². The van der Waals surface area contributed by atoms with Crippen LogP contribution in [0.1, 0.15) is 24.0 Å². The summed E-state index contributed by atoms with van der Waals surface area (Å²) in [7, 11) is 0. The van der Waals surface area contributed by atoms with E-state index in [0.29, 0.717) is 32.7 Å². The van der Waals surface area contributed by atoms with Gasteiger partial charge < -0.3 is 9.47 Å². The fourth-order valence-electron chi connectivity index (χ4n) is 3.27. The molecule has 2 aromatic rings. The van der Waals surface area contributed by atoms with Crippen LogP contribution >= 0.6 is 0 Å². The van der Waals surface area contributed by atoms with E-state index in [4.69, 9.17) is 9.47 Å². The zero-order valence-electron chi connectivity index (χ0n) is 14.4. The average molecular weight is 336 g/mol. The van der Waals surface area contributed by atoms with Crippen LogP contribution in [0.2, 0.25) is 0 Å². The zero-order valence-corrected chi connectivity index (χ0v) is 14.4. The van der Waals surface area contributed by atoms with Gasteiger partial charge in [0.2, 0.25) is 0 Å². The van der Waals surface area contributed by atoms with Crippen molar-refractivity contribution in [1.82, 2.24) is 0 Å². The summed E-state index contributed by atoms with van der Waals surface area (Å²) in [6.07, 6.45) is 2.78. The number of carbonyl (C=O) groups excluding carboxylic acids is 1. The number of benzene rings is 2. The third-order valence-electron chi connectivity index (χ3n) is 4.67. The average Bonchev–Trinajstić information content (AvgIpc) is 2.98. The van der Waals surface area contributed by atoms with Gasteiger partial charge in [-0.1, -0.05) is 73.3 Å². The topological polar surface area (TPSA) is 35.5 Å². The van der Waals surface area contributed by atoms with E-state index < -0.39 is 5.60 Å². The van der Waals surface area contributed by atoms with Gasteiger partial charge in [-0.3, -0.25) is 4.79 Å². The molecule has 0 N–H and O–H groups in total. The van der Waals surface area contributed by atoms with Crippen LogP contribution in [-0.4, -0.2) is 18.0 Å². The predicted molar refractivity (Wildman–Crippen MR) is 98.0 cm³/mol. The maximum Gasteiger partial charge on any atom is 0.168 e. The Morgan fingerprint density at radius 2 is 1.60 bits per heavy atom. The summed E-state index contributed by atoms with van der Waals surface area (Å²) in [6, 6.07) is 20.0. The molecule has 0 saturated heterocycles. The first kappa shape index (κ1) is 17.6. The minimum absolute atomic E-state index is 0.103. The van der Waals surface area contributed by atoms with Crippen molar-refractivity contribution < 1.29 is 14.3 Å². The third kappa shape index (κ3) is 4.44. The molecule has 1 aliphatic carbocycles. The first-order valence-corrected chi connectivity index (χ1v) is 8.68. The summed E-state index contributed by atoms with van der Waals surface area (Å²) < 4.78 is 11.8. The minimum atomic E-state index is -0.878. The minimum Gasteiger partial charge on any atom is -0.376 e. The molecule has 0 unspecified atom stereocenters. The Kier molecular flexibility index (Phi) is 5.79. The molecule has 0 aromatic heterocycles. The number of Topliss-reactive ketones (excluding diaryl/α,β-unsaturated/α-hetero) is 1. The quantitative estimate of drug-likeness (QED) is 0.673. The van der Waals surface area contributed by atoms with Crippen LogP contribution in [0.25, 0.3) is 0 Å². The molecule has 130 valence electrons. The van der Waals surface area contributed by atoms with Crippen molar-refractivity contribution in [3.05, 3.63) is 84.4 Å². The second kappa shape index (κ2) is 8.24. The zero-order chi connectivity index (χ0) is 17.5. The lowest BCUT2D eigenvalue weighted by molar-refractivity contribution is -0.135. The molecule has 0 radical (unpaired) electrons. The highest BCUT2D eigenvalue weighted by Gasteiger charge is 2.45. The highest BCUT2D eigenvalue weighted by Crippen LogP contribution is 2.36.